The predicted molar refractivity (Wildman–Crippen MR) is 116 cm³/mol. The molecule has 2 aromatic rings. The second-order valence-corrected chi connectivity index (χ2v) is 6.26. The van der Waals surface area contributed by atoms with Crippen molar-refractivity contribution in [3.8, 4) is 11.5 Å². The Labute approximate surface area is 164 Å². The molecule has 0 amide bonds. The second kappa shape index (κ2) is 12.7. The van der Waals surface area contributed by atoms with Crippen molar-refractivity contribution in [2.75, 3.05) is 6.79 Å². The molecule has 0 spiro atoms. The molecule has 0 radical (unpaired) electrons. The SMILES string of the molecule is C.C.CC(=N)CCc1ccc(OCOc2ccc(CCC(C)=N)cc2)cc1. The van der Waals surface area contributed by atoms with E-state index in [0.29, 0.717) is 11.4 Å². The van der Waals surface area contributed by atoms with E-state index in [2.05, 4.69) is 0 Å². The molecule has 2 rings (SSSR count). The normalized spacial score (nSPS) is 9.56. The molecule has 0 fully saturated rings. The molecule has 0 saturated carbocycles. The van der Waals surface area contributed by atoms with E-state index in [1.54, 1.807) is 0 Å². The summed E-state index contributed by atoms with van der Waals surface area (Å²) < 4.78 is 11.2. The molecule has 27 heavy (non-hydrogen) atoms. The standard InChI is InChI=1S/C21H26N2O2.2CH4/c1-16(22)3-5-18-7-11-20(12-8-18)24-15-25-21-13-9-19(10-14-21)6-4-17(2)23;;/h7-14,22-23H,3-6,15H2,1-2H3;2*1H4. The van der Waals surface area contributed by atoms with Gasteiger partial charge in [0, 0.05) is 11.4 Å². The van der Waals surface area contributed by atoms with Crippen LogP contribution in [-0.2, 0) is 12.8 Å². The van der Waals surface area contributed by atoms with Gasteiger partial charge in [-0.1, -0.05) is 39.1 Å². The fraction of sp³-hybridized carbons (Fsp3) is 0.391. The lowest BCUT2D eigenvalue weighted by Gasteiger charge is -2.10. The van der Waals surface area contributed by atoms with Crippen molar-refractivity contribution in [3.63, 3.8) is 0 Å². The molecule has 148 valence electrons. The van der Waals surface area contributed by atoms with Gasteiger partial charge in [-0.3, -0.25) is 0 Å². The van der Waals surface area contributed by atoms with Gasteiger partial charge >= 0.3 is 0 Å². The van der Waals surface area contributed by atoms with E-state index < -0.39 is 0 Å². The number of benzene rings is 2. The lowest BCUT2D eigenvalue weighted by molar-refractivity contribution is 0.120. The van der Waals surface area contributed by atoms with Crippen molar-refractivity contribution in [2.24, 2.45) is 0 Å². The molecule has 0 saturated heterocycles. The summed E-state index contributed by atoms with van der Waals surface area (Å²) in [5.41, 5.74) is 3.81. The Morgan fingerprint density at radius 2 is 1.00 bits per heavy atom. The maximum Gasteiger partial charge on any atom is 0.230 e. The van der Waals surface area contributed by atoms with E-state index in [0.717, 1.165) is 37.2 Å². The third kappa shape index (κ3) is 9.59. The van der Waals surface area contributed by atoms with Crippen LogP contribution in [0.3, 0.4) is 0 Å². The molecule has 4 nitrogen and oxygen atoms in total. The van der Waals surface area contributed by atoms with Crippen LogP contribution in [0.4, 0.5) is 0 Å². The summed E-state index contributed by atoms with van der Waals surface area (Å²) in [6, 6.07) is 15.8. The predicted octanol–water partition coefficient (Wildman–Crippen LogP) is 6.32. The fourth-order valence-electron chi connectivity index (χ4n) is 2.33. The van der Waals surface area contributed by atoms with Crippen LogP contribution in [0.15, 0.2) is 48.5 Å². The largest absolute Gasteiger partial charge is 0.458 e. The zero-order valence-corrected chi connectivity index (χ0v) is 15.0. The van der Waals surface area contributed by atoms with Gasteiger partial charge in [-0.15, -0.1) is 0 Å². The van der Waals surface area contributed by atoms with Crippen LogP contribution in [0.1, 0.15) is 52.7 Å². The van der Waals surface area contributed by atoms with E-state index in [9.17, 15) is 0 Å². The number of hydrogen-bond acceptors (Lipinski definition) is 4. The fourth-order valence-corrected chi connectivity index (χ4v) is 2.33. The highest BCUT2D eigenvalue weighted by molar-refractivity contribution is 5.79. The van der Waals surface area contributed by atoms with E-state index in [-0.39, 0.29) is 21.6 Å². The van der Waals surface area contributed by atoms with Crippen molar-refractivity contribution in [2.45, 2.75) is 54.4 Å². The summed E-state index contributed by atoms with van der Waals surface area (Å²) in [6.07, 6.45) is 3.35. The smallest absolute Gasteiger partial charge is 0.230 e. The average molecular weight is 371 g/mol. The molecule has 0 aliphatic rings. The molecule has 2 N–H and O–H groups in total. The molecule has 0 heterocycles. The second-order valence-electron chi connectivity index (χ2n) is 6.26. The van der Waals surface area contributed by atoms with Gasteiger partial charge in [0.1, 0.15) is 11.5 Å². The van der Waals surface area contributed by atoms with Crippen LogP contribution in [-0.4, -0.2) is 18.2 Å². The number of aryl methyl sites for hydroxylation is 2. The van der Waals surface area contributed by atoms with Gasteiger partial charge in [-0.25, -0.2) is 0 Å². The number of ether oxygens (including phenoxy) is 2. The summed E-state index contributed by atoms with van der Waals surface area (Å²) >= 11 is 0. The highest BCUT2D eigenvalue weighted by atomic mass is 16.7. The summed E-state index contributed by atoms with van der Waals surface area (Å²) in [5.74, 6) is 1.54. The molecular weight excluding hydrogens is 336 g/mol. The highest BCUT2D eigenvalue weighted by Crippen LogP contribution is 2.16. The number of hydrogen-bond donors (Lipinski definition) is 2. The molecule has 0 aromatic heterocycles. The molecule has 0 aliphatic carbocycles. The average Bonchev–Trinajstić information content (AvgIpc) is 2.60. The van der Waals surface area contributed by atoms with Crippen LogP contribution in [0.25, 0.3) is 0 Å². The van der Waals surface area contributed by atoms with E-state index in [1.807, 2.05) is 62.4 Å². The summed E-state index contributed by atoms with van der Waals surface area (Å²) in [7, 11) is 0. The van der Waals surface area contributed by atoms with E-state index in [1.165, 1.54) is 11.1 Å². The molecular formula is C23H34N2O2. The maximum atomic E-state index is 7.46. The minimum Gasteiger partial charge on any atom is -0.458 e. The van der Waals surface area contributed by atoms with Gasteiger partial charge in [-0.2, -0.15) is 0 Å². The lowest BCUT2D eigenvalue weighted by atomic mass is 10.1. The summed E-state index contributed by atoms with van der Waals surface area (Å²) in [5, 5.41) is 14.9. The maximum absolute atomic E-state index is 7.46. The number of rotatable bonds is 10. The van der Waals surface area contributed by atoms with Crippen LogP contribution in [0, 0.1) is 10.8 Å². The monoisotopic (exact) mass is 370 g/mol. The zero-order valence-electron chi connectivity index (χ0n) is 15.0. The Morgan fingerprint density at radius 3 is 1.30 bits per heavy atom. The van der Waals surface area contributed by atoms with Gasteiger partial charge in [0.25, 0.3) is 0 Å². The van der Waals surface area contributed by atoms with Crippen molar-refractivity contribution in [3.05, 3.63) is 59.7 Å². The van der Waals surface area contributed by atoms with E-state index in [4.69, 9.17) is 20.3 Å². The third-order valence-corrected chi connectivity index (χ3v) is 3.88. The molecule has 0 unspecified atom stereocenters. The Bertz CT molecular complexity index is 630. The Morgan fingerprint density at radius 1 is 0.667 bits per heavy atom. The van der Waals surface area contributed by atoms with Crippen molar-refractivity contribution in [1.29, 1.82) is 10.8 Å². The van der Waals surface area contributed by atoms with Crippen LogP contribution >= 0.6 is 0 Å². The van der Waals surface area contributed by atoms with E-state index >= 15 is 0 Å². The third-order valence-electron chi connectivity index (χ3n) is 3.88. The lowest BCUT2D eigenvalue weighted by Crippen LogP contribution is -2.05. The molecule has 0 atom stereocenters. The first kappa shape index (κ1) is 24.4. The Hall–Kier alpha value is -2.62. The van der Waals surface area contributed by atoms with Crippen LogP contribution in [0.2, 0.25) is 0 Å². The number of nitrogens with one attached hydrogen (secondary N) is 2. The highest BCUT2D eigenvalue weighted by Gasteiger charge is 2.00. The first-order valence-electron chi connectivity index (χ1n) is 8.54. The Kier molecular flexibility index (Phi) is 11.5. The van der Waals surface area contributed by atoms with Gasteiger partial charge in [0.15, 0.2) is 0 Å². The molecule has 0 bridgehead atoms. The van der Waals surface area contributed by atoms with Crippen molar-refractivity contribution >= 4 is 11.4 Å². The van der Waals surface area contributed by atoms with Gasteiger partial charge < -0.3 is 20.3 Å². The molecule has 2 aromatic carbocycles. The van der Waals surface area contributed by atoms with Gasteiger partial charge in [0.05, 0.1) is 0 Å². The summed E-state index contributed by atoms with van der Waals surface area (Å²) in [4.78, 5) is 0. The topological polar surface area (TPSA) is 66.2 Å². The minimum absolute atomic E-state index is 0. The minimum atomic E-state index is 0. The quantitative estimate of drug-likeness (QED) is 0.380. The van der Waals surface area contributed by atoms with Gasteiger partial charge in [0.2, 0.25) is 6.79 Å². The first-order chi connectivity index (χ1) is 12.0. The molecule has 4 heteroatoms. The Balaban J connectivity index is 0.00000338. The summed E-state index contributed by atoms with van der Waals surface area (Å²) in [6.45, 7) is 3.82. The van der Waals surface area contributed by atoms with Crippen molar-refractivity contribution in [1.82, 2.24) is 0 Å². The van der Waals surface area contributed by atoms with Crippen LogP contribution < -0.4 is 9.47 Å². The van der Waals surface area contributed by atoms with Gasteiger partial charge in [-0.05, 0) is 74.9 Å². The van der Waals surface area contributed by atoms with Crippen LogP contribution in [0.5, 0.6) is 11.5 Å². The van der Waals surface area contributed by atoms with Crippen molar-refractivity contribution < 1.29 is 9.47 Å². The zero-order chi connectivity index (χ0) is 18.1. The molecule has 0 aliphatic heterocycles. The first-order valence-corrected chi connectivity index (χ1v) is 8.54.